The van der Waals surface area contributed by atoms with E-state index in [9.17, 15) is 4.79 Å². The van der Waals surface area contributed by atoms with Gasteiger partial charge < -0.3 is 5.73 Å². The number of fused-ring (bicyclic) bond motifs is 2. The van der Waals surface area contributed by atoms with Gasteiger partial charge in [-0.05, 0) is 23.9 Å². The Morgan fingerprint density at radius 2 is 2.17 bits per heavy atom. The summed E-state index contributed by atoms with van der Waals surface area (Å²) in [4.78, 5) is 15.4. The van der Waals surface area contributed by atoms with Crippen molar-refractivity contribution in [2.75, 3.05) is 6.54 Å². The molecule has 1 aliphatic heterocycles. The Hall–Kier alpha value is -2.18. The Morgan fingerprint density at radius 3 is 2.96 bits per heavy atom. The quantitative estimate of drug-likeness (QED) is 0.797. The van der Waals surface area contributed by atoms with Crippen molar-refractivity contribution in [2.24, 2.45) is 12.8 Å². The molecule has 1 aliphatic rings. The third-order valence-electron chi connectivity index (χ3n) is 4.84. The van der Waals surface area contributed by atoms with Crippen LogP contribution in [-0.2, 0) is 26.6 Å². The number of benzene rings is 1. The third kappa shape index (κ3) is 2.42. The van der Waals surface area contributed by atoms with Gasteiger partial charge in [-0.2, -0.15) is 5.10 Å². The van der Waals surface area contributed by atoms with E-state index in [-0.39, 0.29) is 0 Å². The maximum atomic E-state index is 11.7. The van der Waals surface area contributed by atoms with Crippen molar-refractivity contribution in [3.63, 3.8) is 0 Å². The van der Waals surface area contributed by atoms with Gasteiger partial charge in [-0.1, -0.05) is 18.2 Å². The molecule has 6 heteroatoms. The lowest BCUT2D eigenvalue weighted by Gasteiger charge is -2.27. The summed E-state index contributed by atoms with van der Waals surface area (Å²) in [7, 11) is 1.89. The Labute approximate surface area is 144 Å². The molecule has 0 spiro atoms. The second-order valence-electron chi connectivity index (χ2n) is 6.36. The van der Waals surface area contributed by atoms with E-state index in [2.05, 4.69) is 41.2 Å². The molecule has 0 radical (unpaired) electrons. The predicted octanol–water partition coefficient (Wildman–Crippen LogP) is 2.60. The van der Waals surface area contributed by atoms with Crippen molar-refractivity contribution in [3.05, 3.63) is 51.7 Å². The van der Waals surface area contributed by atoms with Crippen molar-refractivity contribution in [1.29, 1.82) is 0 Å². The molecule has 0 unspecified atom stereocenters. The summed E-state index contributed by atoms with van der Waals surface area (Å²) in [6.45, 7) is 4.77. The van der Waals surface area contributed by atoms with Gasteiger partial charge in [-0.25, -0.2) is 0 Å². The number of amides is 1. The number of aryl methyl sites for hydroxylation is 2. The highest BCUT2D eigenvalue weighted by molar-refractivity contribution is 7.19. The molecule has 3 aromatic rings. The second kappa shape index (κ2) is 5.72. The lowest BCUT2D eigenvalue weighted by molar-refractivity contribution is 0.0992. The van der Waals surface area contributed by atoms with Crippen LogP contribution in [-0.4, -0.2) is 27.1 Å². The van der Waals surface area contributed by atoms with E-state index in [0.717, 1.165) is 37.3 Å². The smallest absolute Gasteiger partial charge is 0.269 e. The second-order valence-corrected chi connectivity index (χ2v) is 7.61. The van der Waals surface area contributed by atoms with Crippen LogP contribution >= 0.6 is 11.3 Å². The lowest BCUT2D eigenvalue weighted by Crippen LogP contribution is -2.31. The van der Waals surface area contributed by atoms with Crippen LogP contribution in [0.1, 0.15) is 32.2 Å². The minimum atomic E-state index is -0.439. The van der Waals surface area contributed by atoms with Gasteiger partial charge in [0.05, 0.1) is 0 Å². The molecule has 3 heterocycles. The molecule has 0 saturated heterocycles. The summed E-state index contributed by atoms with van der Waals surface area (Å²) in [5.74, 6) is -0.439. The van der Waals surface area contributed by atoms with Crippen LogP contribution in [0.4, 0.5) is 0 Å². The van der Waals surface area contributed by atoms with Crippen LogP contribution in [0, 0.1) is 6.92 Å². The van der Waals surface area contributed by atoms with Gasteiger partial charge in [0.1, 0.15) is 0 Å². The zero-order chi connectivity index (χ0) is 16.8. The third-order valence-corrected chi connectivity index (χ3v) is 5.97. The van der Waals surface area contributed by atoms with Crippen molar-refractivity contribution >= 4 is 27.3 Å². The van der Waals surface area contributed by atoms with Gasteiger partial charge in [0, 0.05) is 53.9 Å². The number of carbonyl (C=O) groups is 1. The number of aromatic nitrogens is 2. The number of rotatable bonds is 3. The molecule has 1 aromatic carbocycles. The first-order chi connectivity index (χ1) is 11.5. The normalized spacial score (nSPS) is 14.9. The molecule has 2 aromatic heterocycles. The van der Waals surface area contributed by atoms with Crippen molar-refractivity contribution in [2.45, 2.75) is 26.4 Å². The van der Waals surface area contributed by atoms with E-state index in [1.165, 1.54) is 20.5 Å². The first-order valence-electron chi connectivity index (χ1n) is 8.08. The number of nitrogens with two attached hydrogens (primary N) is 1. The van der Waals surface area contributed by atoms with Crippen LogP contribution in [0.5, 0.6) is 0 Å². The Kier molecular flexibility index (Phi) is 3.66. The molecule has 1 amide bonds. The summed E-state index contributed by atoms with van der Waals surface area (Å²) in [5, 5.41) is 5.65. The zero-order valence-electron chi connectivity index (χ0n) is 13.9. The molecule has 24 heavy (non-hydrogen) atoms. The largest absolute Gasteiger partial charge is 0.364 e. The lowest BCUT2D eigenvalue weighted by atomic mass is 10.0. The van der Waals surface area contributed by atoms with Crippen LogP contribution in [0.15, 0.2) is 24.3 Å². The summed E-state index contributed by atoms with van der Waals surface area (Å²) in [6.07, 6.45) is 0.896. The van der Waals surface area contributed by atoms with Gasteiger partial charge in [0.2, 0.25) is 0 Å². The standard InChI is InChI=1S/C18H20N4OS/c1-11-13(12-5-3-4-6-16(12)24-11)9-22-8-7-15-14(10-22)17(18(19)23)20-21(15)2/h3-6H,7-10H2,1-2H3,(H2,19,23). The summed E-state index contributed by atoms with van der Waals surface area (Å²) < 4.78 is 3.14. The van der Waals surface area contributed by atoms with E-state index in [4.69, 9.17) is 5.73 Å². The number of hydrogen-bond acceptors (Lipinski definition) is 4. The van der Waals surface area contributed by atoms with Crippen LogP contribution in [0.25, 0.3) is 10.1 Å². The van der Waals surface area contributed by atoms with E-state index in [1.54, 1.807) is 4.68 Å². The molecule has 0 bridgehead atoms. The molecule has 0 aliphatic carbocycles. The van der Waals surface area contributed by atoms with Crippen LogP contribution in [0.3, 0.4) is 0 Å². The molecule has 5 nitrogen and oxygen atoms in total. The fourth-order valence-electron chi connectivity index (χ4n) is 3.62. The number of thiophene rings is 1. The number of carbonyl (C=O) groups excluding carboxylic acids is 1. The minimum Gasteiger partial charge on any atom is -0.364 e. The summed E-state index contributed by atoms with van der Waals surface area (Å²) in [6, 6.07) is 8.56. The first-order valence-corrected chi connectivity index (χ1v) is 8.90. The summed E-state index contributed by atoms with van der Waals surface area (Å²) in [5.41, 5.74) is 9.44. The molecule has 4 rings (SSSR count). The van der Waals surface area contributed by atoms with E-state index >= 15 is 0 Å². The van der Waals surface area contributed by atoms with Gasteiger partial charge in [0.25, 0.3) is 5.91 Å². The highest BCUT2D eigenvalue weighted by atomic mass is 32.1. The number of nitrogens with zero attached hydrogens (tertiary/aromatic N) is 3. The Bertz CT molecular complexity index is 940. The molecule has 124 valence electrons. The molecule has 0 saturated carbocycles. The van der Waals surface area contributed by atoms with E-state index in [1.807, 2.05) is 18.4 Å². The van der Waals surface area contributed by atoms with Gasteiger partial charge in [-0.3, -0.25) is 14.4 Å². The van der Waals surface area contributed by atoms with Gasteiger partial charge in [0.15, 0.2) is 5.69 Å². The predicted molar refractivity (Wildman–Crippen MR) is 96.1 cm³/mol. The van der Waals surface area contributed by atoms with Crippen LogP contribution in [0.2, 0.25) is 0 Å². The SMILES string of the molecule is Cc1sc2ccccc2c1CN1CCc2c(c(C(N)=O)nn2C)C1. The average Bonchev–Trinajstić information content (AvgIpc) is 3.05. The van der Waals surface area contributed by atoms with Crippen molar-refractivity contribution in [1.82, 2.24) is 14.7 Å². The van der Waals surface area contributed by atoms with Gasteiger partial charge >= 0.3 is 0 Å². The monoisotopic (exact) mass is 340 g/mol. The van der Waals surface area contributed by atoms with Gasteiger partial charge in [-0.15, -0.1) is 11.3 Å². The molecular weight excluding hydrogens is 320 g/mol. The average molecular weight is 340 g/mol. The minimum absolute atomic E-state index is 0.420. The maximum Gasteiger partial charge on any atom is 0.269 e. The molecule has 0 atom stereocenters. The highest BCUT2D eigenvalue weighted by Gasteiger charge is 2.26. The first kappa shape index (κ1) is 15.4. The molecule has 0 fully saturated rings. The molecule has 2 N–H and O–H groups in total. The fourth-order valence-corrected chi connectivity index (χ4v) is 4.70. The van der Waals surface area contributed by atoms with Crippen molar-refractivity contribution in [3.8, 4) is 0 Å². The summed E-state index contributed by atoms with van der Waals surface area (Å²) >= 11 is 1.85. The molecular formula is C18H20N4OS. The van der Waals surface area contributed by atoms with Crippen molar-refractivity contribution < 1.29 is 4.79 Å². The zero-order valence-corrected chi connectivity index (χ0v) is 14.7. The Balaban J connectivity index is 1.65. The highest BCUT2D eigenvalue weighted by Crippen LogP contribution is 2.33. The van der Waals surface area contributed by atoms with Crippen LogP contribution < -0.4 is 5.73 Å². The number of primary amides is 1. The number of hydrogen-bond donors (Lipinski definition) is 1. The topological polar surface area (TPSA) is 64.2 Å². The fraction of sp³-hybridized carbons (Fsp3) is 0.333. The maximum absolute atomic E-state index is 11.7. The van der Waals surface area contributed by atoms with E-state index in [0.29, 0.717) is 5.69 Å². The van der Waals surface area contributed by atoms with E-state index < -0.39 is 5.91 Å². The Morgan fingerprint density at radius 1 is 1.38 bits per heavy atom.